The lowest BCUT2D eigenvalue weighted by Crippen LogP contribution is -2.49. The summed E-state index contributed by atoms with van der Waals surface area (Å²) in [7, 11) is 1.66. The molecule has 1 aromatic carbocycles. The number of carbonyl (C=O) groups is 1. The summed E-state index contributed by atoms with van der Waals surface area (Å²) in [6.45, 7) is 6.50. The van der Waals surface area contributed by atoms with E-state index in [1.807, 2.05) is 23.1 Å². The van der Waals surface area contributed by atoms with Gasteiger partial charge in [-0.3, -0.25) is 9.69 Å². The molecule has 2 unspecified atom stereocenters. The Labute approximate surface area is 161 Å². The van der Waals surface area contributed by atoms with Crippen LogP contribution < -0.4 is 14.8 Å². The molecule has 0 radical (unpaired) electrons. The van der Waals surface area contributed by atoms with Crippen molar-refractivity contribution in [2.24, 2.45) is 5.92 Å². The molecule has 0 aliphatic carbocycles. The molecule has 7 heteroatoms. The molecular weight excluding hydrogens is 354 g/mol. The SMILES string of the molecule is COc1ccc2c(c1)CC(C(=O)N1CCC(N3CCNCC3)C1)CO2.Cl. The number of benzene rings is 1. The smallest absolute Gasteiger partial charge is 0.229 e. The Morgan fingerprint density at radius 3 is 2.85 bits per heavy atom. The summed E-state index contributed by atoms with van der Waals surface area (Å²) in [6.07, 6.45) is 1.82. The van der Waals surface area contributed by atoms with E-state index in [-0.39, 0.29) is 24.2 Å². The molecule has 2 saturated heterocycles. The van der Waals surface area contributed by atoms with Crippen molar-refractivity contribution in [3.8, 4) is 11.5 Å². The lowest BCUT2D eigenvalue weighted by molar-refractivity contribution is -0.136. The highest BCUT2D eigenvalue weighted by Gasteiger charge is 2.35. The Balaban J connectivity index is 0.00000196. The molecule has 1 amide bonds. The zero-order chi connectivity index (χ0) is 17.2. The number of fused-ring (bicyclic) bond motifs is 1. The molecule has 26 heavy (non-hydrogen) atoms. The minimum atomic E-state index is -0.0821. The lowest BCUT2D eigenvalue weighted by Gasteiger charge is -2.33. The Hall–Kier alpha value is -1.50. The predicted molar refractivity (Wildman–Crippen MR) is 102 cm³/mol. The summed E-state index contributed by atoms with van der Waals surface area (Å²) in [6, 6.07) is 6.34. The molecule has 2 fully saturated rings. The third kappa shape index (κ3) is 3.92. The van der Waals surface area contributed by atoms with E-state index in [9.17, 15) is 4.79 Å². The summed E-state index contributed by atoms with van der Waals surface area (Å²) >= 11 is 0. The zero-order valence-electron chi connectivity index (χ0n) is 15.3. The van der Waals surface area contributed by atoms with E-state index >= 15 is 0 Å². The van der Waals surface area contributed by atoms with E-state index in [2.05, 4.69) is 10.2 Å². The molecule has 4 rings (SSSR count). The second-order valence-corrected chi connectivity index (χ2v) is 7.20. The van der Waals surface area contributed by atoms with Crippen molar-refractivity contribution in [1.29, 1.82) is 0 Å². The van der Waals surface area contributed by atoms with Gasteiger partial charge >= 0.3 is 0 Å². The quantitative estimate of drug-likeness (QED) is 0.852. The van der Waals surface area contributed by atoms with Crippen molar-refractivity contribution in [3.05, 3.63) is 23.8 Å². The van der Waals surface area contributed by atoms with Gasteiger partial charge in [0.25, 0.3) is 0 Å². The van der Waals surface area contributed by atoms with Gasteiger partial charge in [-0.1, -0.05) is 0 Å². The van der Waals surface area contributed by atoms with Crippen LogP contribution in [0.5, 0.6) is 11.5 Å². The van der Waals surface area contributed by atoms with Crippen molar-refractivity contribution < 1.29 is 14.3 Å². The first-order valence-corrected chi connectivity index (χ1v) is 9.28. The molecule has 0 bridgehead atoms. The number of methoxy groups -OCH3 is 1. The van der Waals surface area contributed by atoms with Crippen LogP contribution in [0.1, 0.15) is 12.0 Å². The number of nitrogens with zero attached hydrogens (tertiary/aromatic N) is 2. The van der Waals surface area contributed by atoms with Crippen LogP contribution in [0, 0.1) is 5.92 Å². The van der Waals surface area contributed by atoms with Gasteiger partial charge < -0.3 is 19.7 Å². The van der Waals surface area contributed by atoms with Gasteiger partial charge in [0.1, 0.15) is 18.1 Å². The maximum atomic E-state index is 13.0. The molecule has 6 nitrogen and oxygen atoms in total. The number of hydrogen-bond donors (Lipinski definition) is 1. The highest BCUT2D eigenvalue weighted by molar-refractivity contribution is 5.85. The molecular formula is C19H28ClN3O3. The topological polar surface area (TPSA) is 54.0 Å². The van der Waals surface area contributed by atoms with Crippen LogP contribution in [0.2, 0.25) is 0 Å². The van der Waals surface area contributed by atoms with E-state index in [1.54, 1.807) is 7.11 Å². The van der Waals surface area contributed by atoms with E-state index in [0.29, 0.717) is 12.6 Å². The first-order chi connectivity index (χ1) is 12.2. The molecule has 1 N–H and O–H groups in total. The van der Waals surface area contributed by atoms with Gasteiger partial charge in [0.15, 0.2) is 0 Å². The fourth-order valence-electron chi connectivity index (χ4n) is 4.20. The summed E-state index contributed by atoms with van der Waals surface area (Å²) < 4.78 is 11.1. The number of rotatable bonds is 3. The Morgan fingerprint density at radius 2 is 2.08 bits per heavy atom. The first kappa shape index (κ1) is 19.3. The van der Waals surface area contributed by atoms with Crippen LogP contribution in [0.4, 0.5) is 0 Å². The van der Waals surface area contributed by atoms with Gasteiger partial charge in [0.2, 0.25) is 5.91 Å². The van der Waals surface area contributed by atoms with Gasteiger partial charge in [0.05, 0.1) is 13.0 Å². The van der Waals surface area contributed by atoms with Crippen molar-refractivity contribution in [2.75, 3.05) is 53.0 Å². The predicted octanol–water partition coefficient (Wildman–Crippen LogP) is 1.17. The molecule has 3 heterocycles. The zero-order valence-corrected chi connectivity index (χ0v) is 16.1. The van der Waals surface area contributed by atoms with Gasteiger partial charge in [0, 0.05) is 45.3 Å². The van der Waals surface area contributed by atoms with Crippen molar-refractivity contribution in [1.82, 2.24) is 15.1 Å². The Morgan fingerprint density at radius 1 is 1.27 bits per heavy atom. The first-order valence-electron chi connectivity index (χ1n) is 9.28. The average molecular weight is 382 g/mol. The van der Waals surface area contributed by atoms with Crippen LogP contribution in [0.3, 0.4) is 0 Å². The minimum Gasteiger partial charge on any atom is -0.497 e. The van der Waals surface area contributed by atoms with Crippen LogP contribution >= 0.6 is 12.4 Å². The molecule has 2 atom stereocenters. The number of ether oxygens (including phenoxy) is 2. The van der Waals surface area contributed by atoms with E-state index in [4.69, 9.17) is 9.47 Å². The van der Waals surface area contributed by atoms with Gasteiger partial charge in [-0.15, -0.1) is 12.4 Å². The maximum absolute atomic E-state index is 13.0. The van der Waals surface area contributed by atoms with Crippen molar-refractivity contribution in [2.45, 2.75) is 18.9 Å². The van der Waals surface area contributed by atoms with E-state index in [0.717, 1.165) is 69.2 Å². The number of likely N-dealkylation sites (tertiary alicyclic amines) is 1. The van der Waals surface area contributed by atoms with Gasteiger partial charge in [-0.2, -0.15) is 0 Å². The summed E-state index contributed by atoms with van der Waals surface area (Å²) in [5.74, 6) is 1.85. The number of piperazine rings is 1. The second-order valence-electron chi connectivity index (χ2n) is 7.20. The Kier molecular flexibility index (Phi) is 6.27. The van der Waals surface area contributed by atoms with Crippen molar-refractivity contribution in [3.63, 3.8) is 0 Å². The standard InChI is InChI=1S/C19H27N3O3.ClH/c1-24-17-2-3-18-14(11-17)10-15(13-25-18)19(23)22-7-4-16(12-22)21-8-5-20-6-9-21;/h2-3,11,15-16,20H,4-10,12-13H2,1H3;1H. The molecule has 144 valence electrons. The molecule has 0 aromatic heterocycles. The van der Waals surface area contributed by atoms with Crippen LogP contribution in [0.15, 0.2) is 18.2 Å². The number of amides is 1. The lowest BCUT2D eigenvalue weighted by atomic mass is 9.95. The highest BCUT2D eigenvalue weighted by Crippen LogP contribution is 2.32. The molecule has 0 saturated carbocycles. The van der Waals surface area contributed by atoms with Crippen LogP contribution in [-0.2, 0) is 11.2 Å². The molecule has 0 spiro atoms. The monoisotopic (exact) mass is 381 g/mol. The average Bonchev–Trinajstić information content (AvgIpc) is 3.17. The maximum Gasteiger partial charge on any atom is 0.229 e. The van der Waals surface area contributed by atoms with E-state index < -0.39 is 0 Å². The molecule has 1 aromatic rings. The van der Waals surface area contributed by atoms with Crippen LogP contribution in [-0.4, -0.2) is 74.7 Å². The van der Waals surface area contributed by atoms with Gasteiger partial charge in [-0.25, -0.2) is 0 Å². The second kappa shape index (κ2) is 8.46. The van der Waals surface area contributed by atoms with Gasteiger partial charge in [-0.05, 0) is 36.6 Å². The summed E-state index contributed by atoms with van der Waals surface area (Å²) in [5.41, 5.74) is 1.07. The fraction of sp³-hybridized carbons (Fsp3) is 0.632. The third-order valence-electron chi connectivity index (χ3n) is 5.67. The van der Waals surface area contributed by atoms with Crippen molar-refractivity contribution >= 4 is 18.3 Å². The molecule has 3 aliphatic heterocycles. The molecule has 3 aliphatic rings. The van der Waals surface area contributed by atoms with Crippen LogP contribution in [0.25, 0.3) is 0 Å². The summed E-state index contributed by atoms with van der Waals surface area (Å²) in [4.78, 5) is 17.6. The third-order valence-corrected chi connectivity index (χ3v) is 5.67. The highest BCUT2D eigenvalue weighted by atomic mass is 35.5. The number of hydrogen-bond acceptors (Lipinski definition) is 5. The number of halogens is 1. The van der Waals surface area contributed by atoms with E-state index in [1.165, 1.54) is 0 Å². The largest absolute Gasteiger partial charge is 0.497 e. The number of carbonyl (C=O) groups excluding carboxylic acids is 1. The number of nitrogens with one attached hydrogen (secondary N) is 1. The Bertz CT molecular complexity index is 636. The summed E-state index contributed by atoms with van der Waals surface area (Å²) in [5, 5.41) is 3.39. The fourth-order valence-corrected chi connectivity index (χ4v) is 4.20. The minimum absolute atomic E-state index is 0. The normalized spacial score (nSPS) is 25.8.